The zero-order chi connectivity index (χ0) is 18.6. The zero-order valence-electron chi connectivity index (χ0n) is 15.5. The molecule has 0 aliphatic carbocycles. The van der Waals surface area contributed by atoms with E-state index in [1.54, 1.807) is 4.40 Å². The first-order valence-electron chi connectivity index (χ1n) is 8.65. The minimum absolute atomic E-state index is 0.217. The lowest BCUT2D eigenvalue weighted by Crippen LogP contribution is -2.39. The number of para-hydroxylation sites is 1. The summed E-state index contributed by atoms with van der Waals surface area (Å²) in [6, 6.07) is 11.7. The number of benzene rings is 2. The highest BCUT2D eigenvalue weighted by atomic mass is 16.2. The molecule has 6 heteroatoms. The molecule has 0 amide bonds. The Kier molecular flexibility index (Phi) is 3.73. The van der Waals surface area contributed by atoms with Crippen LogP contribution in [-0.4, -0.2) is 48.6 Å². The van der Waals surface area contributed by atoms with Crippen molar-refractivity contribution < 1.29 is 0 Å². The molecule has 0 saturated heterocycles. The highest BCUT2D eigenvalue weighted by Gasteiger charge is 2.18. The fourth-order valence-electron chi connectivity index (χ4n) is 3.56. The smallest absolute Gasteiger partial charge is 0.336 e. The molecule has 134 valence electrons. The second-order valence-corrected chi connectivity index (χ2v) is 7.18. The lowest BCUT2D eigenvalue weighted by molar-refractivity contribution is 0.376. The molecule has 0 spiro atoms. The third-order valence-electron chi connectivity index (χ3n) is 4.96. The Balaban J connectivity index is 2.16. The molecule has 2 heterocycles. The molecule has 4 rings (SSSR count). The first kappa shape index (κ1) is 16.6. The third kappa shape index (κ3) is 2.29. The molecule has 0 N–H and O–H groups in total. The first-order valence-corrected chi connectivity index (χ1v) is 8.65. The average Bonchev–Trinajstić information content (AvgIpc) is 2.94. The molecule has 2 aromatic carbocycles. The third-order valence-corrected chi connectivity index (χ3v) is 4.96. The SMILES string of the molecule is CN(C)CCn1c(=O)c2cccc3c4cc(N(C)C)ccc4n(c1=O)c23. The van der Waals surface area contributed by atoms with Crippen molar-refractivity contribution in [1.29, 1.82) is 0 Å². The van der Waals surface area contributed by atoms with Crippen molar-refractivity contribution in [3.05, 3.63) is 57.2 Å². The van der Waals surface area contributed by atoms with Gasteiger partial charge in [0.05, 0.1) is 16.4 Å². The summed E-state index contributed by atoms with van der Waals surface area (Å²) in [5, 5.41) is 2.52. The van der Waals surface area contributed by atoms with Crippen molar-refractivity contribution in [2.45, 2.75) is 6.54 Å². The predicted octanol–water partition coefficient (Wildman–Crippen LogP) is 1.83. The Bertz CT molecular complexity index is 1230. The van der Waals surface area contributed by atoms with Crippen LogP contribution >= 0.6 is 0 Å². The fourth-order valence-corrected chi connectivity index (χ4v) is 3.56. The van der Waals surface area contributed by atoms with E-state index >= 15 is 0 Å². The maximum atomic E-state index is 13.2. The molecule has 0 fully saturated rings. The van der Waals surface area contributed by atoms with Gasteiger partial charge in [-0.2, -0.15) is 0 Å². The molecule has 0 aliphatic heterocycles. The van der Waals surface area contributed by atoms with Crippen LogP contribution in [0.4, 0.5) is 5.69 Å². The van der Waals surface area contributed by atoms with Crippen molar-refractivity contribution in [3.63, 3.8) is 0 Å². The van der Waals surface area contributed by atoms with Crippen molar-refractivity contribution >= 4 is 32.9 Å². The molecule has 26 heavy (non-hydrogen) atoms. The van der Waals surface area contributed by atoms with E-state index in [9.17, 15) is 9.59 Å². The van der Waals surface area contributed by atoms with Crippen molar-refractivity contribution in [1.82, 2.24) is 13.9 Å². The van der Waals surface area contributed by atoms with Gasteiger partial charge < -0.3 is 9.80 Å². The van der Waals surface area contributed by atoms with Gasteiger partial charge in [-0.25, -0.2) is 4.79 Å². The van der Waals surface area contributed by atoms with Crippen molar-refractivity contribution in [2.24, 2.45) is 0 Å². The van der Waals surface area contributed by atoms with Crippen LogP contribution in [0.25, 0.3) is 27.2 Å². The molecule has 0 atom stereocenters. The molecule has 0 bridgehead atoms. The van der Waals surface area contributed by atoms with Gasteiger partial charge in [-0.3, -0.25) is 13.8 Å². The lowest BCUT2D eigenvalue weighted by atomic mass is 10.1. The van der Waals surface area contributed by atoms with E-state index in [0.717, 1.165) is 27.5 Å². The van der Waals surface area contributed by atoms with E-state index in [4.69, 9.17) is 0 Å². The summed E-state index contributed by atoms with van der Waals surface area (Å²) in [7, 11) is 7.83. The number of aromatic nitrogens is 2. The Morgan fingerprint density at radius 1 is 0.923 bits per heavy atom. The van der Waals surface area contributed by atoms with Crippen molar-refractivity contribution in [2.75, 3.05) is 39.6 Å². The van der Waals surface area contributed by atoms with Crippen LogP contribution in [0.2, 0.25) is 0 Å². The lowest BCUT2D eigenvalue weighted by Gasteiger charge is -2.12. The molecule has 0 saturated carbocycles. The average molecular weight is 350 g/mol. The summed E-state index contributed by atoms with van der Waals surface area (Å²) < 4.78 is 3.04. The topological polar surface area (TPSA) is 50.0 Å². The number of likely N-dealkylation sites (N-methyl/N-ethyl adjacent to an activating group) is 1. The molecule has 0 unspecified atom stereocenters. The number of hydrogen-bond acceptors (Lipinski definition) is 4. The Hall–Kier alpha value is -2.86. The summed E-state index contributed by atoms with van der Waals surface area (Å²) in [6.45, 7) is 1.00. The summed E-state index contributed by atoms with van der Waals surface area (Å²) in [5.74, 6) is 0. The van der Waals surface area contributed by atoms with E-state index < -0.39 is 0 Å². The second-order valence-electron chi connectivity index (χ2n) is 7.18. The monoisotopic (exact) mass is 350 g/mol. The van der Waals surface area contributed by atoms with Crippen molar-refractivity contribution in [3.8, 4) is 0 Å². The molecule has 6 nitrogen and oxygen atoms in total. The van der Waals surface area contributed by atoms with Crippen LogP contribution in [-0.2, 0) is 6.54 Å². The van der Waals surface area contributed by atoms with Crippen LogP contribution in [0.15, 0.2) is 46.0 Å². The Morgan fingerprint density at radius 3 is 2.35 bits per heavy atom. The van der Waals surface area contributed by atoms with Gasteiger partial charge in [-0.1, -0.05) is 12.1 Å². The first-order chi connectivity index (χ1) is 12.4. The standard InChI is InChI=1S/C20H22N4O2/c1-21(2)10-11-23-19(25)15-7-5-6-14-16-12-13(22(3)4)8-9-17(16)24(18(14)15)20(23)26/h5-9,12H,10-11H2,1-4H3. The molecular weight excluding hydrogens is 328 g/mol. The predicted molar refractivity (Wildman–Crippen MR) is 107 cm³/mol. The van der Waals surface area contributed by atoms with Crippen LogP contribution in [0, 0.1) is 0 Å². The number of rotatable bonds is 4. The molecule has 0 aliphatic rings. The maximum absolute atomic E-state index is 13.2. The zero-order valence-corrected chi connectivity index (χ0v) is 15.5. The van der Waals surface area contributed by atoms with Crippen LogP contribution in [0.3, 0.4) is 0 Å². The number of fused-ring (bicyclic) bond motifs is 3. The number of anilines is 1. The fraction of sp³-hybridized carbons (Fsp3) is 0.300. The summed E-state index contributed by atoms with van der Waals surface area (Å²) in [6.07, 6.45) is 0. The highest BCUT2D eigenvalue weighted by Crippen LogP contribution is 2.31. The maximum Gasteiger partial charge on any atom is 0.336 e. The van der Waals surface area contributed by atoms with E-state index in [2.05, 4.69) is 6.07 Å². The van der Waals surface area contributed by atoms with Crippen LogP contribution in [0.1, 0.15) is 0 Å². The summed E-state index contributed by atoms with van der Waals surface area (Å²) in [5.41, 5.74) is 2.13. The Morgan fingerprint density at radius 2 is 1.65 bits per heavy atom. The second kappa shape index (κ2) is 5.85. The minimum Gasteiger partial charge on any atom is -0.378 e. The van der Waals surface area contributed by atoms with Gasteiger partial charge in [0.25, 0.3) is 5.56 Å². The minimum atomic E-state index is -0.270. The quantitative estimate of drug-likeness (QED) is 0.563. The summed E-state index contributed by atoms with van der Waals surface area (Å²) >= 11 is 0. The molecule has 0 radical (unpaired) electrons. The summed E-state index contributed by atoms with van der Waals surface area (Å²) in [4.78, 5) is 30.1. The van der Waals surface area contributed by atoms with Crippen LogP contribution < -0.4 is 16.1 Å². The van der Waals surface area contributed by atoms with Gasteiger partial charge in [-0.15, -0.1) is 0 Å². The van der Waals surface area contributed by atoms with Gasteiger partial charge in [0, 0.05) is 43.6 Å². The van der Waals surface area contributed by atoms with E-state index in [-0.39, 0.29) is 11.2 Å². The van der Waals surface area contributed by atoms with E-state index in [1.165, 1.54) is 4.57 Å². The van der Waals surface area contributed by atoms with Gasteiger partial charge in [-0.05, 0) is 38.4 Å². The normalized spacial score (nSPS) is 12.0. The largest absolute Gasteiger partial charge is 0.378 e. The van der Waals surface area contributed by atoms with E-state index in [1.807, 2.05) is 68.3 Å². The van der Waals surface area contributed by atoms with Gasteiger partial charge in [0.1, 0.15) is 0 Å². The molecule has 2 aromatic heterocycles. The van der Waals surface area contributed by atoms with Gasteiger partial charge in [0.2, 0.25) is 0 Å². The number of hydrogen-bond donors (Lipinski definition) is 0. The molecule has 4 aromatic rings. The van der Waals surface area contributed by atoms with Gasteiger partial charge in [0.15, 0.2) is 0 Å². The Labute approximate surface area is 150 Å². The number of nitrogens with zero attached hydrogens (tertiary/aromatic N) is 4. The van der Waals surface area contributed by atoms with E-state index in [0.29, 0.717) is 18.5 Å². The van der Waals surface area contributed by atoms with Gasteiger partial charge >= 0.3 is 5.69 Å². The molecular formula is C20H22N4O2. The highest BCUT2D eigenvalue weighted by molar-refractivity contribution is 6.14. The van der Waals surface area contributed by atoms with Crippen LogP contribution in [0.5, 0.6) is 0 Å².